The summed E-state index contributed by atoms with van der Waals surface area (Å²) >= 11 is 0. The molecule has 0 aliphatic heterocycles. The van der Waals surface area contributed by atoms with Crippen molar-refractivity contribution in [2.75, 3.05) is 13.1 Å². The van der Waals surface area contributed by atoms with E-state index in [9.17, 15) is 9.59 Å². The summed E-state index contributed by atoms with van der Waals surface area (Å²) < 4.78 is 9.93. The van der Waals surface area contributed by atoms with Crippen molar-refractivity contribution in [1.29, 1.82) is 0 Å². The van der Waals surface area contributed by atoms with Gasteiger partial charge in [0.1, 0.15) is 12.4 Å². The Morgan fingerprint density at radius 2 is 1.89 bits per heavy atom. The maximum absolute atomic E-state index is 11.3. The van der Waals surface area contributed by atoms with Gasteiger partial charge in [-0.25, -0.2) is 0 Å². The molecule has 0 fully saturated rings. The second-order valence-electron chi connectivity index (χ2n) is 3.68. The first-order valence-corrected chi connectivity index (χ1v) is 5.75. The molecule has 5 nitrogen and oxygen atoms in total. The molecule has 0 bridgehead atoms. The van der Waals surface area contributed by atoms with Gasteiger partial charge in [0.05, 0.1) is 6.54 Å². The monoisotopic (exact) mass is 251 g/mol. The molecular weight excluding hydrogens is 234 g/mol. The lowest BCUT2D eigenvalue weighted by molar-refractivity contribution is -0.142. The van der Waals surface area contributed by atoms with Crippen LogP contribution >= 0.6 is 0 Å². The highest BCUT2D eigenvalue weighted by Crippen LogP contribution is 2.13. The third kappa shape index (κ3) is 5.45. The van der Waals surface area contributed by atoms with Crippen LogP contribution < -0.4 is 10.1 Å². The minimum absolute atomic E-state index is 0.186. The molecule has 1 N–H and O–H groups in total. The molecule has 0 unspecified atom stereocenters. The summed E-state index contributed by atoms with van der Waals surface area (Å²) in [5.74, 6) is -0.176. The van der Waals surface area contributed by atoms with E-state index in [-0.39, 0.29) is 25.1 Å². The number of likely N-dealkylation sites (N-methyl/N-ethyl adjacent to an activating group) is 1. The number of carbonyl (C=O) groups is 2. The summed E-state index contributed by atoms with van der Waals surface area (Å²) in [6.07, 6.45) is 0. The third-order valence-electron chi connectivity index (χ3n) is 2.12. The molecule has 0 aromatic heterocycles. The van der Waals surface area contributed by atoms with Crippen LogP contribution in [0.3, 0.4) is 0 Å². The molecule has 5 heteroatoms. The number of esters is 2. The van der Waals surface area contributed by atoms with Crippen molar-refractivity contribution in [3.05, 3.63) is 29.8 Å². The maximum Gasteiger partial charge on any atom is 0.325 e. The lowest BCUT2D eigenvalue weighted by Gasteiger charge is -2.06. The van der Waals surface area contributed by atoms with Crippen LogP contribution in [-0.2, 0) is 20.9 Å². The molecule has 0 radical (unpaired) electrons. The molecule has 0 aliphatic rings. The average Bonchev–Trinajstić information content (AvgIpc) is 2.35. The third-order valence-corrected chi connectivity index (χ3v) is 2.12. The van der Waals surface area contributed by atoms with Gasteiger partial charge < -0.3 is 14.8 Å². The highest BCUT2D eigenvalue weighted by Gasteiger charge is 2.04. The highest BCUT2D eigenvalue weighted by atomic mass is 16.5. The van der Waals surface area contributed by atoms with Gasteiger partial charge in [-0.1, -0.05) is 19.1 Å². The first-order chi connectivity index (χ1) is 8.61. The number of hydrogen-bond acceptors (Lipinski definition) is 5. The predicted molar refractivity (Wildman–Crippen MR) is 66.1 cm³/mol. The van der Waals surface area contributed by atoms with Crippen molar-refractivity contribution in [2.45, 2.75) is 20.5 Å². The standard InChI is InChI=1S/C13H17NO4/c1-3-14-8-13(16)18-12-6-4-11(5-7-12)9-17-10(2)15/h4-7,14H,3,8-9H2,1-2H3. The fourth-order valence-corrected chi connectivity index (χ4v) is 1.23. The minimum Gasteiger partial charge on any atom is -0.461 e. The van der Waals surface area contributed by atoms with E-state index in [0.717, 1.165) is 12.1 Å². The van der Waals surface area contributed by atoms with Crippen LogP contribution in [0.5, 0.6) is 5.75 Å². The van der Waals surface area contributed by atoms with Crippen LogP contribution in [-0.4, -0.2) is 25.0 Å². The van der Waals surface area contributed by atoms with Gasteiger partial charge in [-0.15, -0.1) is 0 Å². The molecule has 1 rings (SSSR count). The largest absolute Gasteiger partial charge is 0.461 e. The van der Waals surface area contributed by atoms with Gasteiger partial charge in [-0.2, -0.15) is 0 Å². The Hall–Kier alpha value is -1.88. The Balaban J connectivity index is 2.44. The first-order valence-electron chi connectivity index (χ1n) is 5.75. The number of carbonyl (C=O) groups excluding carboxylic acids is 2. The fourth-order valence-electron chi connectivity index (χ4n) is 1.23. The van der Waals surface area contributed by atoms with Gasteiger partial charge in [0.25, 0.3) is 0 Å². The lowest BCUT2D eigenvalue weighted by Crippen LogP contribution is -2.26. The van der Waals surface area contributed by atoms with Gasteiger partial charge in [-0.05, 0) is 24.2 Å². The summed E-state index contributed by atoms with van der Waals surface area (Å²) in [4.78, 5) is 21.9. The van der Waals surface area contributed by atoms with Crippen molar-refractivity contribution in [3.8, 4) is 5.75 Å². The Labute approximate surface area is 106 Å². The SMILES string of the molecule is CCNCC(=O)Oc1ccc(COC(C)=O)cc1. The second-order valence-corrected chi connectivity index (χ2v) is 3.68. The minimum atomic E-state index is -0.329. The predicted octanol–water partition coefficient (Wildman–Crippen LogP) is 1.26. The zero-order chi connectivity index (χ0) is 13.4. The maximum atomic E-state index is 11.3. The fraction of sp³-hybridized carbons (Fsp3) is 0.385. The van der Waals surface area contributed by atoms with E-state index in [0.29, 0.717) is 5.75 Å². The van der Waals surface area contributed by atoms with Crippen molar-refractivity contribution in [2.24, 2.45) is 0 Å². The summed E-state index contributed by atoms with van der Waals surface area (Å²) in [5.41, 5.74) is 0.844. The quantitative estimate of drug-likeness (QED) is 0.609. The molecule has 0 heterocycles. The van der Waals surface area contributed by atoms with Gasteiger partial charge in [0, 0.05) is 6.92 Å². The van der Waals surface area contributed by atoms with Crippen molar-refractivity contribution in [3.63, 3.8) is 0 Å². The Bertz CT molecular complexity index is 400. The molecule has 0 amide bonds. The Kier molecular flexibility index (Phi) is 5.87. The number of benzene rings is 1. The molecule has 0 spiro atoms. The van der Waals surface area contributed by atoms with E-state index in [1.807, 2.05) is 6.92 Å². The van der Waals surface area contributed by atoms with E-state index in [1.165, 1.54) is 6.92 Å². The van der Waals surface area contributed by atoms with Crippen LogP contribution in [0.25, 0.3) is 0 Å². The second kappa shape index (κ2) is 7.45. The zero-order valence-corrected chi connectivity index (χ0v) is 10.6. The molecule has 0 saturated carbocycles. The van der Waals surface area contributed by atoms with E-state index < -0.39 is 0 Å². The van der Waals surface area contributed by atoms with E-state index in [1.54, 1.807) is 24.3 Å². The molecule has 0 aliphatic carbocycles. The lowest BCUT2D eigenvalue weighted by atomic mass is 10.2. The van der Waals surface area contributed by atoms with Crippen molar-refractivity contribution < 1.29 is 19.1 Å². The topological polar surface area (TPSA) is 64.6 Å². The van der Waals surface area contributed by atoms with Crippen LogP contribution in [0.15, 0.2) is 24.3 Å². The van der Waals surface area contributed by atoms with Crippen LogP contribution in [0.1, 0.15) is 19.4 Å². The van der Waals surface area contributed by atoms with E-state index in [4.69, 9.17) is 9.47 Å². The van der Waals surface area contributed by atoms with E-state index in [2.05, 4.69) is 5.32 Å². The first kappa shape index (κ1) is 14.2. The van der Waals surface area contributed by atoms with Gasteiger partial charge in [0.2, 0.25) is 0 Å². The summed E-state index contributed by atoms with van der Waals surface area (Å²) in [5, 5.41) is 2.88. The number of ether oxygens (including phenoxy) is 2. The normalized spacial score (nSPS) is 9.89. The van der Waals surface area contributed by atoms with Gasteiger partial charge in [-0.3, -0.25) is 9.59 Å². The van der Waals surface area contributed by atoms with Crippen LogP contribution in [0.2, 0.25) is 0 Å². The van der Waals surface area contributed by atoms with Crippen molar-refractivity contribution >= 4 is 11.9 Å². The summed E-state index contributed by atoms with van der Waals surface area (Å²) in [6.45, 7) is 4.40. The summed E-state index contributed by atoms with van der Waals surface area (Å²) in [7, 11) is 0. The average molecular weight is 251 g/mol. The molecule has 1 aromatic rings. The number of hydrogen-bond donors (Lipinski definition) is 1. The van der Waals surface area contributed by atoms with Gasteiger partial charge >= 0.3 is 11.9 Å². The molecule has 1 aromatic carbocycles. The van der Waals surface area contributed by atoms with E-state index >= 15 is 0 Å². The Morgan fingerprint density at radius 1 is 1.22 bits per heavy atom. The molecule has 18 heavy (non-hydrogen) atoms. The molecule has 98 valence electrons. The number of rotatable bonds is 6. The number of nitrogens with one attached hydrogen (secondary N) is 1. The van der Waals surface area contributed by atoms with Crippen molar-refractivity contribution in [1.82, 2.24) is 5.32 Å². The highest BCUT2D eigenvalue weighted by molar-refractivity contribution is 5.74. The summed E-state index contributed by atoms with van der Waals surface area (Å²) in [6, 6.07) is 6.84. The molecular formula is C13H17NO4. The molecule has 0 atom stereocenters. The zero-order valence-electron chi connectivity index (χ0n) is 10.6. The smallest absolute Gasteiger partial charge is 0.325 e. The Morgan fingerprint density at radius 3 is 2.44 bits per heavy atom. The molecule has 0 saturated heterocycles. The van der Waals surface area contributed by atoms with Crippen LogP contribution in [0, 0.1) is 0 Å². The van der Waals surface area contributed by atoms with Crippen LogP contribution in [0.4, 0.5) is 0 Å². The van der Waals surface area contributed by atoms with Gasteiger partial charge in [0.15, 0.2) is 0 Å².